The number of carbonyl (C=O) groups is 1. The lowest BCUT2D eigenvalue weighted by Gasteiger charge is -2.34. The van der Waals surface area contributed by atoms with Crippen LogP contribution in [0.25, 0.3) is 11.1 Å². The first kappa shape index (κ1) is 18.9. The van der Waals surface area contributed by atoms with Gasteiger partial charge in [0.2, 0.25) is 0 Å². The smallest absolute Gasteiger partial charge is 0.254 e. The first-order valence-corrected chi connectivity index (χ1v) is 11.5. The van der Waals surface area contributed by atoms with Gasteiger partial charge in [0.25, 0.3) is 5.91 Å². The van der Waals surface area contributed by atoms with Gasteiger partial charge in [0.15, 0.2) is 9.84 Å². The third kappa shape index (κ3) is 4.11. The molecule has 1 heterocycles. The molecule has 26 heavy (non-hydrogen) atoms. The maximum absolute atomic E-state index is 13.0. The van der Waals surface area contributed by atoms with E-state index < -0.39 is 15.2 Å². The highest BCUT2D eigenvalue weighted by atomic mass is 32.2. The van der Waals surface area contributed by atoms with E-state index in [2.05, 4.69) is 0 Å². The van der Waals surface area contributed by atoms with E-state index in [1.807, 2.05) is 42.5 Å². The van der Waals surface area contributed by atoms with Crippen molar-refractivity contribution in [1.29, 1.82) is 0 Å². The summed E-state index contributed by atoms with van der Waals surface area (Å²) in [6, 6.07) is 15.2. The lowest BCUT2D eigenvalue weighted by atomic mass is 10.0. The second-order valence-electron chi connectivity index (χ2n) is 6.34. The molecule has 0 spiro atoms. The van der Waals surface area contributed by atoms with E-state index >= 15 is 0 Å². The molecule has 1 aliphatic rings. The summed E-state index contributed by atoms with van der Waals surface area (Å²) in [7, 11) is -3.33. The molecule has 0 radical (unpaired) electrons. The van der Waals surface area contributed by atoms with Gasteiger partial charge in [-0.1, -0.05) is 30.3 Å². The van der Waals surface area contributed by atoms with E-state index in [1.165, 1.54) is 11.2 Å². The van der Waals surface area contributed by atoms with E-state index in [4.69, 9.17) is 5.73 Å². The molecule has 2 N–H and O–H groups in total. The zero-order valence-corrected chi connectivity index (χ0v) is 16.2. The monoisotopic (exact) mass is 390 g/mol. The SMILES string of the molecule is CS(=O)(=O)C1CSCCN1C(=O)c1cccc(-c2cccc(CN)c2)c1. The molecule has 1 amide bonds. The number of sulfone groups is 1. The van der Waals surface area contributed by atoms with Gasteiger partial charge in [-0.3, -0.25) is 4.79 Å². The summed E-state index contributed by atoms with van der Waals surface area (Å²) in [4.78, 5) is 14.5. The van der Waals surface area contributed by atoms with Crippen LogP contribution in [0.15, 0.2) is 48.5 Å². The third-order valence-electron chi connectivity index (χ3n) is 4.45. The zero-order chi connectivity index (χ0) is 18.7. The van der Waals surface area contributed by atoms with E-state index in [1.54, 1.807) is 17.8 Å². The minimum absolute atomic E-state index is 0.238. The topological polar surface area (TPSA) is 80.5 Å². The molecule has 5 nitrogen and oxygen atoms in total. The van der Waals surface area contributed by atoms with Gasteiger partial charge in [-0.2, -0.15) is 11.8 Å². The molecule has 0 saturated carbocycles. The van der Waals surface area contributed by atoms with E-state index in [-0.39, 0.29) is 5.91 Å². The lowest BCUT2D eigenvalue weighted by Crippen LogP contribution is -2.49. The van der Waals surface area contributed by atoms with Gasteiger partial charge in [0.05, 0.1) is 0 Å². The van der Waals surface area contributed by atoms with Gasteiger partial charge < -0.3 is 10.6 Å². The molecule has 0 aromatic heterocycles. The molecule has 0 bridgehead atoms. The number of benzene rings is 2. The summed E-state index contributed by atoms with van der Waals surface area (Å²) in [6.07, 6.45) is 1.19. The predicted octanol–water partition coefficient (Wildman–Crippen LogP) is 2.37. The number of thioether (sulfide) groups is 1. The van der Waals surface area contributed by atoms with Crippen molar-refractivity contribution in [3.63, 3.8) is 0 Å². The molecule has 2 aromatic carbocycles. The van der Waals surface area contributed by atoms with Crippen LogP contribution in [-0.4, -0.2) is 48.9 Å². The highest BCUT2D eigenvalue weighted by Crippen LogP contribution is 2.25. The van der Waals surface area contributed by atoms with Crippen molar-refractivity contribution in [3.05, 3.63) is 59.7 Å². The van der Waals surface area contributed by atoms with E-state index in [0.29, 0.717) is 24.4 Å². The number of carbonyl (C=O) groups excluding carboxylic acids is 1. The quantitative estimate of drug-likeness (QED) is 0.867. The van der Waals surface area contributed by atoms with Gasteiger partial charge in [-0.05, 0) is 34.9 Å². The van der Waals surface area contributed by atoms with Gasteiger partial charge in [0.1, 0.15) is 5.37 Å². The first-order valence-electron chi connectivity index (χ1n) is 8.37. The van der Waals surface area contributed by atoms with Crippen molar-refractivity contribution in [2.24, 2.45) is 5.73 Å². The van der Waals surface area contributed by atoms with Crippen LogP contribution in [0.3, 0.4) is 0 Å². The Morgan fingerprint density at radius 3 is 2.58 bits per heavy atom. The fourth-order valence-electron chi connectivity index (χ4n) is 3.04. The predicted molar refractivity (Wildman–Crippen MR) is 107 cm³/mol. The molecule has 0 aliphatic carbocycles. The Morgan fingerprint density at radius 2 is 1.88 bits per heavy atom. The fourth-order valence-corrected chi connectivity index (χ4v) is 5.86. The number of nitrogens with two attached hydrogens (primary N) is 1. The summed E-state index contributed by atoms with van der Waals surface area (Å²) < 4.78 is 24.1. The van der Waals surface area contributed by atoms with Crippen molar-refractivity contribution in [1.82, 2.24) is 4.90 Å². The molecular weight excluding hydrogens is 368 g/mol. The fraction of sp³-hybridized carbons (Fsp3) is 0.316. The maximum atomic E-state index is 13.0. The van der Waals surface area contributed by atoms with Gasteiger partial charge >= 0.3 is 0 Å². The number of nitrogens with zero attached hydrogens (tertiary/aromatic N) is 1. The van der Waals surface area contributed by atoms with Gasteiger partial charge in [-0.25, -0.2) is 8.42 Å². The van der Waals surface area contributed by atoms with Crippen LogP contribution in [0.5, 0.6) is 0 Å². The maximum Gasteiger partial charge on any atom is 0.254 e. The van der Waals surface area contributed by atoms with Crippen LogP contribution in [0.1, 0.15) is 15.9 Å². The largest absolute Gasteiger partial charge is 0.326 e. The Morgan fingerprint density at radius 1 is 1.19 bits per heavy atom. The van der Waals surface area contributed by atoms with Crippen LogP contribution < -0.4 is 5.73 Å². The molecule has 1 saturated heterocycles. The molecule has 1 atom stereocenters. The van der Waals surface area contributed by atoms with Crippen LogP contribution in [0.4, 0.5) is 0 Å². The molecule has 1 aliphatic heterocycles. The average Bonchev–Trinajstić information content (AvgIpc) is 2.67. The Bertz CT molecular complexity index is 913. The second kappa shape index (κ2) is 7.82. The van der Waals surface area contributed by atoms with E-state index in [0.717, 1.165) is 22.4 Å². The molecule has 1 unspecified atom stereocenters. The Hall–Kier alpha value is -1.83. The molecular formula is C19H22N2O3S2. The van der Waals surface area contributed by atoms with Crippen molar-refractivity contribution < 1.29 is 13.2 Å². The number of amides is 1. The second-order valence-corrected chi connectivity index (χ2v) is 9.70. The minimum Gasteiger partial charge on any atom is -0.326 e. The average molecular weight is 391 g/mol. The summed E-state index contributed by atoms with van der Waals surface area (Å²) in [5, 5.41) is -0.766. The van der Waals surface area contributed by atoms with E-state index in [9.17, 15) is 13.2 Å². The van der Waals surface area contributed by atoms with Crippen LogP contribution in [0, 0.1) is 0 Å². The number of hydrogen-bond acceptors (Lipinski definition) is 5. The number of rotatable bonds is 4. The van der Waals surface area contributed by atoms with Crippen molar-refractivity contribution in [3.8, 4) is 11.1 Å². The Labute approximate surface area is 158 Å². The van der Waals surface area contributed by atoms with Crippen molar-refractivity contribution >= 4 is 27.5 Å². The number of hydrogen-bond donors (Lipinski definition) is 1. The molecule has 7 heteroatoms. The lowest BCUT2D eigenvalue weighted by molar-refractivity contribution is 0.0749. The highest BCUT2D eigenvalue weighted by molar-refractivity contribution is 8.00. The van der Waals surface area contributed by atoms with Crippen LogP contribution in [0.2, 0.25) is 0 Å². The zero-order valence-electron chi connectivity index (χ0n) is 14.6. The molecule has 3 rings (SSSR count). The summed E-state index contributed by atoms with van der Waals surface area (Å²) in [6.45, 7) is 0.891. The molecule has 1 fully saturated rings. The molecule has 138 valence electrons. The summed E-state index contributed by atoms with van der Waals surface area (Å²) in [5.41, 5.74) is 9.12. The van der Waals surface area contributed by atoms with Crippen LogP contribution in [-0.2, 0) is 16.4 Å². The van der Waals surface area contributed by atoms with Crippen molar-refractivity contribution in [2.75, 3.05) is 24.3 Å². The van der Waals surface area contributed by atoms with Gasteiger partial charge in [0, 0.05) is 36.4 Å². The minimum atomic E-state index is -3.33. The first-order chi connectivity index (χ1) is 12.4. The standard InChI is InChI=1S/C19H22N2O3S2/c1-26(23,24)18-13-25-9-8-21(18)19(22)17-7-3-6-16(11-17)15-5-2-4-14(10-15)12-20/h2-7,10-11,18H,8-9,12-13,20H2,1H3. The summed E-state index contributed by atoms with van der Waals surface area (Å²) in [5.74, 6) is 0.927. The normalized spacial score (nSPS) is 17.9. The third-order valence-corrected chi connectivity index (χ3v) is 7.09. The highest BCUT2D eigenvalue weighted by Gasteiger charge is 2.34. The summed E-state index contributed by atoms with van der Waals surface area (Å²) >= 11 is 1.57. The Kier molecular flexibility index (Phi) is 5.70. The molecule has 2 aromatic rings. The van der Waals surface area contributed by atoms with Gasteiger partial charge in [-0.15, -0.1) is 0 Å². The Balaban J connectivity index is 1.93. The van der Waals surface area contributed by atoms with Crippen LogP contribution >= 0.6 is 11.8 Å². The van der Waals surface area contributed by atoms with Crippen molar-refractivity contribution in [2.45, 2.75) is 11.9 Å².